The Bertz CT molecular complexity index is 804. The molecular formula is C17H30N8O8S. The van der Waals surface area contributed by atoms with Crippen molar-refractivity contribution in [1.29, 1.82) is 0 Å². The van der Waals surface area contributed by atoms with Crippen LogP contribution < -0.4 is 38.9 Å². The molecule has 13 N–H and O–H groups in total. The third kappa shape index (κ3) is 12.4. The van der Waals surface area contributed by atoms with E-state index in [0.29, 0.717) is 0 Å². The molecule has 0 aliphatic heterocycles. The molecule has 16 nitrogen and oxygen atoms in total. The number of carbonyl (C=O) groups is 6. The van der Waals surface area contributed by atoms with Gasteiger partial charge >= 0.3 is 11.9 Å². The first kappa shape index (κ1) is 30.4. The highest BCUT2D eigenvalue weighted by Gasteiger charge is 2.32. The van der Waals surface area contributed by atoms with Crippen molar-refractivity contribution in [3.63, 3.8) is 0 Å². The lowest BCUT2D eigenvalue weighted by molar-refractivity contribution is -0.143. The normalized spacial score (nSPS) is 13.9. The summed E-state index contributed by atoms with van der Waals surface area (Å²) in [5.74, 6) is -7.26. The van der Waals surface area contributed by atoms with E-state index >= 15 is 0 Å². The van der Waals surface area contributed by atoms with E-state index in [9.17, 15) is 33.9 Å². The fourth-order valence-electron chi connectivity index (χ4n) is 2.46. The molecule has 4 atom stereocenters. The minimum absolute atomic E-state index is 0.0889. The second kappa shape index (κ2) is 15.3. The van der Waals surface area contributed by atoms with Gasteiger partial charge in [0.2, 0.25) is 23.6 Å². The maximum Gasteiger partial charge on any atom is 0.326 e. The molecule has 0 saturated heterocycles. The maximum atomic E-state index is 12.6. The summed E-state index contributed by atoms with van der Waals surface area (Å²) in [5, 5.41) is 24.7. The Kier molecular flexibility index (Phi) is 13.7. The smallest absolute Gasteiger partial charge is 0.326 e. The van der Waals surface area contributed by atoms with Gasteiger partial charge in [0.15, 0.2) is 5.96 Å². The number of hydrogen-bond acceptors (Lipinski definition) is 9. The molecule has 0 radical (unpaired) electrons. The standard InChI is InChI=1S/C17H30N8O8S/c18-7(6-34)13(29)24-10(5-12(27)28)15(31)25-9(4-11(19)26)14(30)23-8(16(32)33)2-1-3-22-17(20)21/h7-10,34H,1-6,18H2,(H2,19,26)(H,23,30)(H,24,29)(H,25,31)(H,27,28)(H,32,33)(H4,20,21,22). The molecule has 0 heterocycles. The van der Waals surface area contributed by atoms with Crippen molar-refractivity contribution < 1.29 is 39.0 Å². The van der Waals surface area contributed by atoms with Crippen LogP contribution in [0.25, 0.3) is 0 Å². The second-order valence-corrected chi connectivity index (χ2v) is 7.39. The van der Waals surface area contributed by atoms with E-state index in [-0.39, 0.29) is 31.1 Å². The first-order valence-electron chi connectivity index (χ1n) is 9.84. The lowest BCUT2D eigenvalue weighted by Crippen LogP contribution is -2.58. The second-order valence-electron chi connectivity index (χ2n) is 7.03. The first-order valence-corrected chi connectivity index (χ1v) is 10.5. The molecule has 0 saturated carbocycles. The molecule has 0 aliphatic rings. The average molecular weight is 507 g/mol. The van der Waals surface area contributed by atoms with Gasteiger partial charge in [-0.05, 0) is 12.8 Å². The van der Waals surface area contributed by atoms with Gasteiger partial charge in [-0.2, -0.15) is 12.6 Å². The van der Waals surface area contributed by atoms with Crippen molar-refractivity contribution >= 4 is 54.2 Å². The molecule has 34 heavy (non-hydrogen) atoms. The number of amides is 4. The number of thiol groups is 1. The van der Waals surface area contributed by atoms with E-state index in [1.165, 1.54) is 0 Å². The summed E-state index contributed by atoms with van der Waals surface area (Å²) in [5.41, 5.74) is 20.9. The number of nitrogens with one attached hydrogen (secondary N) is 3. The predicted molar refractivity (Wildman–Crippen MR) is 121 cm³/mol. The molecule has 0 bridgehead atoms. The van der Waals surface area contributed by atoms with Gasteiger partial charge in [0, 0.05) is 12.3 Å². The van der Waals surface area contributed by atoms with Crippen LogP contribution in [0.3, 0.4) is 0 Å². The molecule has 0 aliphatic carbocycles. The monoisotopic (exact) mass is 506 g/mol. The minimum Gasteiger partial charge on any atom is -0.481 e. The number of carboxylic acid groups (broad SMARTS) is 2. The number of primary amides is 1. The Balaban J connectivity index is 5.45. The van der Waals surface area contributed by atoms with Gasteiger partial charge < -0.3 is 49.1 Å². The molecule has 4 amide bonds. The average Bonchev–Trinajstić information content (AvgIpc) is 2.72. The molecule has 0 aromatic carbocycles. The van der Waals surface area contributed by atoms with Crippen molar-refractivity contribution in [1.82, 2.24) is 16.0 Å². The van der Waals surface area contributed by atoms with Crippen molar-refractivity contribution in [3.8, 4) is 0 Å². The minimum atomic E-state index is -1.66. The van der Waals surface area contributed by atoms with Gasteiger partial charge in [-0.3, -0.25) is 29.0 Å². The number of nitrogens with zero attached hydrogens (tertiary/aromatic N) is 1. The summed E-state index contributed by atoms with van der Waals surface area (Å²) in [6, 6.07) is -5.88. The highest BCUT2D eigenvalue weighted by molar-refractivity contribution is 7.80. The van der Waals surface area contributed by atoms with Gasteiger partial charge in [0.25, 0.3) is 0 Å². The van der Waals surface area contributed by atoms with Crippen LogP contribution >= 0.6 is 12.6 Å². The number of aliphatic carboxylic acids is 2. The number of guanidine groups is 1. The Morgan fingerprint density at radius 2 is 1.32 bits per heavy atom. The molecule has 17 heteroatoms. The summed E-state index contributed by atoms with van der Waals surface area (Å²) >= 11 is 3.83. The summed E-state index contributed by atoms with van der Waals surface area (Å²) in [6.07, 6.45) is -1.51. The molecule has 0 aromatic rings. The van der Waals surface area contributed by atoms with Crippen molar-refractivity contribution in [2.45, 2.75) is 49.9 Å². The first-order chi connectivity index (χ1) is 15.8. The van der Waals surface area contributed by atoms with Crippen LogP contribution in [-0.2, 0) is 28.8 Å². The molecule has 4 unspecified atom stereocenters. The van der Waals surface area contributed by atoms with Gasteiger partial charge in [-0.1, -0.05) is 0 Å². The van der Waals surface area contributed by atoms with Crippen molar-refractivity contribution in [3.05, 3.63) is 0 Å². The van der Waals surface area contributed by atoms with E-state index in [1.54, 1.807) is 0 Å². The Morgan fingerprint density at radius 1 is 0.824 bits per heavy atom. The molecular weight excluding hydrogens is 476 g/mol. The van der Waals surface area contributed by atoms with Crippen molar-refractivity contribution in [2.24, 2.45) is 27.9 Å². The maximum absolute atomic E-state index is 12.6. The fraction of sp³-hybridized carbons (Fsp3) is 0.588. The number of carboxylic acids is 2. The largest absolute Gasteiger partial charge is 0.481 e. The summed E-state index contributed by atoms with van der Waals surface area (Å²) in [4.78, 5) is 74.8. The summed E-state index contributed by atoms with van der Waals surface area (Å²) in [6.45, 7) is 0.0917. The number of hydrogen-bond donors (Lipinski definition) is 10. The van der Waals surface area contributed by atoms with Crippen molar-refractivity contribution in [2.75, 3.05) is 12.3 Å². The van der Waals surface area contributed by atoms with Crippen LogP contribution in [0.2, 0.25) is 0 Å². The topological polar surface area (TPSA) is 295 Å². The van der Waals surface area contributed by atoms with E-state index in [2.05, 4.69) is 33.6 Å². The third-order valence-electron chi connectivity index (χ3n) is 4.14. The van der Waals surface area contributed by atoms with Gasteiger partial charge in [-0.25, -0.2) is 4.79 Å². The highest BCUT2D eigenvalue weighted by atomic mass is 32.1. The zero-order chi connectivity index (χ0) is 26.4. The van der Waals surface area contributed by atoms with E-state index in [0.717, 1.165) is 0 Å². The molecule has 0 spiro atoms. The quantitative estimate of drug-likeness (QED) is 0.0410. The predicted octanol–water partition coefficient (Wildman–Crippen LogP) is -4.81. The van der Waals surface area contributed by atoms with Crippen LogP contribution in [0.5, 0.6) is 0 Å². The number of aliphatic imine (C=N–C) groups is 1. The zero-order valence-corrected chi connectivity index (χ0v) is 19.0. The third-order valence-corrected chi connectivity index (χ3v) is 4.54. The summed E-state index contributed by atoms with van der Waals surface area (Å²) in [7, 11) is 0. The molecule has 192 valence electrons. The van der Waals surface area contributed by atoms with Crippen LogP contribution in [-0.4, -0.2) is 88.2 Å². The zero-order valence-electron chi connectivity index (χ0n) is 18.1. The summed E-state index contributed by atoms with van der Waals surface area (Å²) < 4.78 is 0. The fourth-order valence-corrected chi connectivity index (χ4v) is 2.63. The van der Waals surface area contributed by atoms with Crippen LogP contribution in [0, 0.1) is 0 Å². The Hall–Kier alpha value is -3.60. The lowest BCUT2D eigenvalue weighted by atomic mass is 10.1. The molecule has 0 aromatic heterocycles. The number of carbonyl (C=O) groups excluding carboxylic acids is 4. The number of rotatable bonds is 16. The number of nitrogens with two attached hydrogens (primary N) is 4. The van der Waals surface area contributed by atoms with Gasteiger partial charge in [0.05, 0.1) is 18.9 Å². The highest BCUT2D eigenvalue weighted by Crippen LogP contribution is 2.03. The Labute approximate surface area is 199 Å². The SMILES string of the molecule is NC(=O)CC(NC(=O)C(CC(=O)O)NC(=O)C(N)CS)C(=O)NC(CCCN=C(N)N)C(=O)O. The molecule has 0 rings (SSSR count). The van der Waals surface area contributed by atoms with E-state index < -0.39 is 72.6 Å². The van der Waals surface area contributed by atoms with E-state index in [1.807, 2.05) is 0 Å². The van der Waals surface area contributed by atoms with Gasteiger partial charge in [0.1, 0.15) is 18.1 Å². The lowest BCUT2D eigenvalue weighted by Gasteiger charge is -2.24. The van der Waals surface area contributed by atoms with Crippen LogP contribution in [0.1, 0.15) is 25.7 Å². The van der Waals surface area contributed by atoms with Crippen LogP contribution in [0.4, 0.5) is 0 Å². The van der Waals surface area contributed by atoms with E-state index in [4.69, 9.17) is 28.0 Å². The Morgan fingerprint density at radius 3 is 1.76 bits per heavy atom. The van der Waals surface area contributed by atoms with Crippen LogP contribution in [0.15, 0.2) is 4.99 Å². The van der Waals surface area contributed by atoms with Gasteiger partial charge in [-0.15, -0.1) is 0 Å². The molecule has 0 fully saturated rings.